The molecule has 0 bridgehead atoms. The van der Waals surface area contributed by atoms with E-state index in [0.717, 1.165) is 54.7 Å². The van der Waals surface area contributed by atoms with Crippen molar-refractivity contribution in [2.75, 3.05) is 0 Å². The summed E-state index contributed by atoms with van der Waals surface area (Å²) in [4.78, 5) is 19.2. The van der Waals surface area contributed by atoms with Gasteiger partial charge in [-0.1, -0.05) is 109 Å². The van der Waals surface area contributed by atoms with Gasteiger partial charge in [-0.15, -0.1) is 0 Å². The van der Waals surface area contributed by atoms with Gasteiger partial charge in [-0.2, -0.15) is 0 Å². The van der Waals surface area contributed by atoms with Crippen molar-refractivity contribution in [2.45, 2.75) is 0 Å². The molecule has 202 valence electrons. The van der Waals surface area contributed by atoms with E-state index in [4.69, 9.17) is 15.0 Å². The van der Waals surface area contributed by atoms with Gasteiger partial charge in [0.1, 0.15) is 11.3 Å². The SMILES string of the molecule is Oc1c(-c2c3ccccc3cc3cc(-c4nc(-c5ccccc5)nc(-c5ccccc5)n4)ccc23)ccc2cccnc12. The van der Waals surface area contributed by atoms with Crippen LogP contribution in [0.4, 0.5) is 0 Å². The topological polar surface area (TPSA) is 71.8 Å². The monoisotopic (exact) mass is 552 g/mol. The van der Waals surface area contributed by atoms with Gasteiger partial charge >= 0.3 is 0 Å². The molecule has 0 aliphatic rings. The van der Waals surface area contributed by atoms with Crippen molar-refractivity contribution < 1.29 is 5.11 Å². The molecule has 5 heteroatoms. The normalized spacial score (nSPS) is 11.3. The van der Waals surface area contributed by atoms with Crippen LogP contribution in [-0.2, 0) is 0 Å². The lowest BCUT2D eigenvalue weighted by molar-refractivity contribution is 0.482. The maximum absolute atomic E-state index is 11.4. The van der Waals surface area contributed by atoms with Crippen LogP contribution < -0.4 is 0 Å². The van der Waals surface area contributed by atoms with Crippen LogP contribution in [0.15, 0.2) is 140 Å². The molecule has 0 aliphatic heterocycles. The summed E-state index contributed by atoms with van der Waals surface area (Å²) in [6.07, 6.45) is 1.71. The lowest BCUT2D eigenvalue weighted by Gasteiger charge is -2.15. The molecule has 0 fully saturated rings. The number of aromatic nitrogens is 4. The predicted octanol–water partition coefficient (Wildman–Crippen LogP) is 9.10. The number of nitrogens with zero attached hydrogens (tertiary/aromatic N) is 4. The molecule has 5 nitrogen and oxygen atoms in total. The summed E-state index contributed by atoms with van der Waals surface area (Å²) < 4.78 is 0. The highest BCUT2D eigenvalue weighted by Gasteiger charge is 2.18. The van der Waals surface area contributed by atoms with Crippen LogP contribution in [0.1, 0.15) is 0 Å². The van der Waals surface area contributed by atoms with Gasteiger partial charge in [0.15, 0.2) is 17.5 Å². The van der Waals surface area contributed by atoms with Gasteiger partial charge in [0.05, 0.1) is 0 Å². The quantitative estimate of drug-likeness (QED) is 0.221. The molecule has 0 saturated heterocycles. The smallest absolute Gasteiger partial charge is 0.164 e. The minimum atomic E-state index is 0.178. The van der Waals surface area contributed by atoms with Crippen molar-refractivity contribution in [1.29, 1.82) is 0 Å². The number of fused-ring (bicyclic) bond motifs is 3. The van der Waals surface area contributed by atoms with Crippen molar-refractivity contribution in [3.8, 4) is 51.0 Å². The zero-order chi connectivity index (χ0) is 28.8. The second kappa shape index (κ2) is 10.2. The van der Waals surface area contributed by atoms with Crippen molar-refractivity contribution in [1.82, 2.24) is 19.9 Å². The zero-order valence-electron chi connectivity index (χ0n) is 23.0. The molecule has 0 radical (unpaired) electrons. The molecule has 2 aromatic heterocycles. The molecule has 0 spiro atoms. The first-order valence-electron chi connectivity index (χ1n) is 14.1. The first-order chi connectivity index (χ1) is 21.2. The van der Waals surface area contributed by atoms with Gasteiger partial charge < -0.3 is 5.11 Å². The summed E-state index contributed by atoms with van der Waals surface area (Å²) in [5.41, 5.74) is 5.05. The Morgan fingerprint density at radius 3 is 1.77 bits per heavy atom. The van der Waals surface area contributed by atoms with E-state index in [1.165, 1.54) is 0 Å². The second-order valence-corrected chi connectivity index (χ2v) is 10.5. The van der Waals surface area contributed by atoms with E-state index in [-0.39, 0.29) is 5.75 Å². The molecule has 8 rings (SSSR count). The molecule has 6 aromatic carbocycles. The minimum Gasteiger partial charge on any atom is -0.505 e. The Labute approximate surface area is 247 Å². The Kier molecular flexibility index (Phi) is 5.86. The van der Waals surface area contributed by atoms with Crippen LogP contribution in [0.2, 0.25) is 0 Å². The predicted molar refractivity (Wildman–Crippen MR) is 174 cm³/mol. The third-order valence-corrected chi connectivity index (χ3v) is 7.84. The third-order valence-electron chi connectivity index (χ3n) is 7.84. The number of hydrogen-bond acceptors (Lipinski definition) is 5. The van der Waals surface area contributed by atoms with Crippen LogP contribution in [0.5, 0.6) is 5.75 Å². The highest BCUT2D eigenvalue weighted by Crippen LogP contribution is 2.43. The fraction of sp³-hybridized carbons (Fsp3) is 0. The summed E-state index contributed by atoms with van der Waals surface area (Å²) in [6, 6.07) is 44.5. The van der Waals surface area contributed by atoms with E-state index in [2.05, 4.69) is 41.4 Å². The number of benzene rings is 6. The molecular formula is C38H24N4O. The van der Waals surface area contributed by atoms with Crippen molar-refractivity contribution >= 4 is 32.4 Å². The molecule has 43 heavy (non-hydrogen) atoms. The van der Waals surface area contributed by atoms with Crippen molar-refractivity contribution in [3.63, 3.8) is 0 Å². The largest absolute Gasteiger partial charge is 0.505 e. The zero-order valence-corrected chi connectivity index (χ0v) is 23.0. The average molecular weight is 553 g/mol. The Morgan fingerprint density at radius 1 is 0.442 bits per heavy atom. The van der Waals surface area contributed by atoms with Crippen LogP contribution in [-0.4, -0.2) is 25.0 Å². The van der Waals surface area contributed by atoms with Gasteiger partial charge in [-0.3, -0.25) is 4.98 Å². The highest BCUT2D eigenvalue weighted by molar-refractivity contribution is 6.15. The van der Waals surface area contributed by atoms with E-state index in [9.17, 15) is 5.11 Å². The number of phenolic OH excluding ortho intramolecular Hbond substituents is 1. The first kappa shape index (κ1) is 24.8. The Bertz CT molecular complexity index is 2240. The maximum atomic E-state index is 11.4. The molecular weight excluding hydrogens is 528 g/mol. The highest BCUT2D eigenvalue weighted by atomic mass is 16.3. The van der Waals surface area contributed by atoms with Crippen molar-refractivity contribution in [2.24, 2.45) is 0 Å². The van der Waals surface area contributed by atoms with Gasteiger partial charge in [0.25, 0.3) is 0 Å². The number of pyridine rings is 1. The standard InChI is InChI=1S/C38H24N4O/c43-35-32(20-17-24-15-9-21-39-34(24)35)33-30-16-8-7-14-27(30)22-29-23-28(18-19-31(29)33)38-41-36(25-10-3-1-4-11-25)40-37(42-38)26-12-5-2-6-13-26/h1-23,43H. The second-order valence-electron chi connectivity index (χ2n) is 10.5. The van der Waals surface area contributed by atoms with E-state index < -0.39 is 0 Å². The molecule has 1 N–H and O–H groups in total. The summed E-state index contributed by atoms with van der Waals surface area (Å²) in [5.74, 6) is 2.02. The number of hydrogen-bond donors (Lipinski definition) is 1. The molecule has 0 aliphatic carbocycles. The summed E-state index contributed by atoms with van der Waals surface area (Å²) >= 11 is 0. The number of rotatable bonds is 4. The Hall–Kier alpha value is -5.94. The molecule has 0 saturated carbocycles. The minimum absolute atomic E-state index is 0.178. The van der Waals surface area contributed by atoms with Gasteiger partial charge in [-0.05, 0) is 45.8 Å². The number of aromatic hydroxyl groups is 1. The lowest BCUT2D eigenvalue weighted by atomic mass is 9.90. The molecule has 0 atom stereocenters. The van der Waals surface area contributed by atoms with E-state index in [1.54, 1.807) is 6.20 Å². The van der Waals surface area contributed by atoms with Gasteiger partial charge in [0, 0.05) is 39.4 Å². The summed E-state index contributed by atoms with van der Waals surface area (Å²) in [5, 5.41) is 16.5. The van der Waals surface area contributed by atoms with Crippen LogP contribution in [0.3, 0.4) is 0 Å². The van der Waals surface area contributed by atoms with E-state index in [1.807, 2.05) is 97.1 Å². The van der Waals surface area contributed by atoms with Crippen molar-refractivity contribution in [3.05, 3.63) is 140 Å². The van der Waals surface area contributed by atoms with Crippen LogP contribution in [0.25, 0.3) is 77.7 Å². The number of phenols is 1. The lowest BCUT2D eigenvalue weighted by Crippen LogP contribution is -2.00. The fourth-order valence-corrected chi connectivity index (χ4v) is 5.77. The molecule has 8 aromatic rings. The van der Waals surface area contributed by atoms with E-state index >= 15 is 0 Å². The maximum Gasteiger partial charge on any atom is 0.164 e. The summed E-state index contributed by atoms with van der Waals surface area (Å²) in [7, 11) is 0. The van der Waals surface area contributed by atoms with Crippen LogP contribution >= 0.6 is 0 Å². The van der Waals surface area contributed by atoms with Crippen LogP contribution in [0, 0.1) is 0 Å². The van der Waals surface area contributed by atoms with Gasteiger partial charge in [0.2, 0.25) is 0 Å². The third kappa shape index (κ3) is 4.35. The van der Waals surface area contributed by atoms with E-state index in [0.29, 0.717) is 23.0 Å². The first-order valence-corrected chi connectivity index (χ1v) is 14.1. The fourth-order valence-electron chi connectivity index (χ4n) is 5.77. The molecule has 2 heterocycles. The molecule has 0 unspecified atom stereocenters. The summed E-state index contributed by atoms with van der Waals surface area (Å²) in [6.45, 7) is 0. The molecule has 0 amide bonds. The average Bonchev–Trinajstić information content (AvgIpc) is 3.08. The Morgan fingerprint density at radius 2 is 1.05 bits per heavy atom. The van der Waals surface area contributed by atoms with Gasteiger partial charge in [-0.25, -0.2) is 15.0 Å². The Balaban J connectivity index is 1.36.